The zero-order valence-corrected chi connectivity index (χ0v) is 12.7. The molecule has 0 spiro atoms. The number of carboxylic acid groups (broad SMARTS) is 1. The first kappa shape index (κ1) is 14.5. The van der Waals surface area contributed by atoms with Crippen molar-refractivity contribution in [3.63, 3.8) is 0 Å². The van der Waals surface area contributed by atoms with Crippen LogP contribution < -0.4 is 5.32 Å². The van der Waals surface area contributed by atoms with E-state index in [1.807, 2.05) is 0 Å². The normalized spacial score (nSPS) is 23.3. The summed E-state index contributed by atoms with van der Waals surface area (Å²) in [5, 5.41) is 12.5. The van der Waals surface area contributed by atoms with Crippen molar-refractivity contribution >= 4 is 21.9 Å². The number of rotatable bonds is 4. The third-order valence-electron chi connectivity index (χ3n) is 3.93. The first-order valence-corrected chi connectivity index (χ1v) is 7.57. The number of aliphatic carboxylic acids is 1. The molecular weight excluding hydrogens is 306 g/mol. The molecule has 4 heteroatoms. The van der Waals surface area contributed by atoms with Crippen LogP contribution in [0.4, 0.5) is 0 Å². The smallest absolute Gasteiger partial charge is 0.306 e. The third-order valence-corrected chi connectivity index (χ3v) is 5.06. The predicted octanol–water partition coefficient (Wildman–Crippen LogP) is 3.49. The van der Waals surface area contributed by atoms with Crippen LogP contribution in [0.25, 0.3) is 0 Å². The number of hydrogen-bond donors (Lipinski definition) is 2. The van der Waals surface area contributed by atoms with Gasteiger partial charge in [0.15, 0.2) is 0 Å². The van der Waals surface area contributed by atoms with Crippen LogP contribution in [0.5, 0.6) is 0 Å². The molecule has 0 unspecified atom stereocenters. The summed E-state index contributed by atoms with van der Waals surface area (Å²) in [6, 6.07) is 6.72. The van der Waals surface area contributed by atoms with Crippen LogP contribution in [0, 0.1) is 12.8 Å². The molecule has 0 bridgehead atoms. The molecule has 0 atom stereocenters. The van der Waals surface area contributed by atoms with Crippen molar-refractivity contribution in [2.45, 2.75) is 45.2 Å². The SMILES string of the molecule is Cc1cccc(CNC2CCC(C(=O)O)CC2)c1Br. The van der Waals surface area contributed by atoms with Gasteiger partial charge in [-0.3, -0.25) is 4.79 Å². The van der Waals surface area contributed by atoms with Crippen molar-refractivity contribution in [2.75, 3.05) is 0 Å². The number of aryl methyl sites for hydroxylation is 1. The molecule has 1 aromatic carbocycles. The quantitative estimate of drug-likeness (QED) is 0.890. The topological polar surface area (TPSA) is 49.3 Å². The average Bonchev–Trinajstić information content (AvgIpc) is 2.41. The fourth-order valence-corrected chi connectivity index (χ4v) is 3.05. The summed E-state index contributed by atoms with van der Waals surface area (Å²) in [6.45, 7) is 2.93. The average molecular weight is 326 g/mol. The molecule has 3 nitrogen and oxygen atoms in total. The van der Waals surface area contributed by atoms with Gasteiger partial charge in [0.25, 0.3) is 0 Å². The van der Waals surface area contributed by atoms with Gasteiger partial charge in [0.1, 0.15) is 0 Å². The van der Waals surface area contributed by atoms with Gasteiger partial charge in [0, 0.05) is 17.1 Å². The van der Waals surface area contributed by atoms with Crippen LogP contribution in [0.15, 0.2) is 22.7 Å². The molecule has 0 saturated heterocycles. The summed E-state index contributed by atoms with van der Waals surface area (Å²) < 4.78 is 1.17. The van der Waals surface area contributed by atoms with Gasteiger partial charge in [-0.25, -0.2) is 0 Å². The summed E-state index contributed by atoms with van der Waals surface area (Å²) in [5.41, 5.74) is 2.51. The Morgan fingerprint density at radius 3 is 2.68 bits per heavy atom. The van der Waals surface area contributed by atoms with Gasteiger partial charge in [0.2, 0.25) is 0 Å². The number of carboxylic acids is 1. The molecule has 19 heavy (non-hydrogen) atoms. The molecule has 1 aromatic rings. The zero-order chi connectivity index (χ0) is 13.8. The monoisotopic (exact) mass is 325 g/mol. The lowest BCUT2D eigenvalue weighted by Gasteiger charge is -2.27. The molecule has 2 N–H and O–H groups in total. The van der Waals surface area contributed by atoms with Crippen LogP contribution >= 0.6 is 15.9 Å². The highest BCUT2D eigenvalue weighted by Crippen LogP contribution is 2.25. The highest BCUT2D eigenvalue weighted by atomic mass is 79.9. The molecule has 0 heterocycles. The van der Waals surface area contributed by atoms with E-state index < -0.39 is 5.97 Å². The van der Waals surface area contributed by atoms with Crippen molar-refractivity contribution < 1.29 is 9.90 Å². The number of nitrogens with one attached hydrogen (secondary N) is 1. The highest BCUT2D eigenvalue weighted by molar-refractivity contribution is 9.10. The van der Waals surface area contributed by atoms with Crippen molar-refractivity contribution in [1.29, 1.82) is 0 Å². The van der Waals surface area contributed by atoms with E-state index in [1.165, 1.54) is 15.6 Å². The van der Waals surface area contributed by atoms with E-state index in [2.05, 4.69) is 46.4 Å². The Morgan fingerprint density at radius 1 is 1.37 bits per heavy atom. The second kappa shape index (κ2) is 6.53. The largest absolute Gasteiger partial charge is 0.481 e. The Hall–Kier alpha value is -0.870. The van der Waals surface area contributed by atoms with E-state index in [-0.39, 0.29) is 5.92 Å². The molecule has 0 amide bonds. The molecular formula is C15H20BrNO2. The minimum atomic E-state index is -0.639. The van der Waals surface area contributed by atoms with E-state index in [0.717, 1.165) is 32.2 Å². The molecule has 0 aliphatic heterocycles. The summed E-state index contributed by atoms with van der Waals surface area (Å²) >= 11 is 3.62. The maximum atomic E-state index is 10.9. The molecule has 1 aliphatic carbocycles. The highest BCUT2D eigenvalue weighted by Gasteiger charge is 2.25. The molecule has 1 fully saturated rings. The summed E-state index contributed by atoms with van der Waals surface area (Å²) in [5.74, 6) is -0.774. The first-order valence-electron chi connectivity index (χ1n) is 6.78. The second-order valence-electron chi connectivity index (χ2n) is 5.32. The van der Waals surface area contributed by atoms with Gasteiger partial charge in [-0.1, -0.05) is 34.1 Å². The number of carbonyl (C=O) groups is 1. The Balaban J connectivity index is 1.84. The molecule has 2 rings (SSSR count). The van der Waals surface area contributed by atoms with Crippen LogP contribution in [-0.2, 0) is 11.3 Å². The second-order valence-corrected chi connectivity index (χ2v) is 6.11. The van der Waals surface area contributed by atoms with Gasteiger partial charge in [0.05, 0.1) is 5.92 Å². The Kier molecular flexibility index (Phi) is 4.99. The lowest BCUT2D eigenvalue weighted by atomic mass is 9.86. The predicted molar refractivity (Wildman–Crippen MR) is 79.1 cm³/mol. The van der Waals surface area contributed by atoms with Crippen molar-refractivity contribution in [1.82, 2.24) is 5.32 Å². The molecule has 0 aromatic heterocycles. The fourth-order valence-electron chi connectivity index (χ4n) is 2.64. The number of hydrogen-bond acceptors (Lipinski definition) is 2. The maximum absolute atomic E-state index is 10.9. The van der Waals surface area contributed by atoms with Crippen LogP contribution in [-0.4, -0.2) is 17.1 Å². The van der Waals surface area contributed by atoms with Gasteiger partial charge >= 0.3 is 5.97 Å². The van der Waals surface area contributed by atoms with E-state index in [9.17, 15) is 4.79 Å². The van der Waals surface area contributed by atoms with Crippen LogP contribution in [0.2, 0.25) is 0 Å². The van der Waals surface area contributed by atoms with Gasteiger partial charge in [-0.15, -0.1) is 0 Å². The zero-order valence-electron chi connectivity index (χ0n) is 11.2. The van der Waals surface area contributed by atoms with Crippen LogP contribution in [0.1, 0.15) is 36.8 Å². The lowest BCUT2D eigenvalue weighted by Crippen LogP contribution is -2.34. The van der Waals surface area contributed by atoms with E-state index in [0.29, 0.717) is 6.04 Å². The van der Waals surface area contributed by atoms with E-state index in [4.69, 9.17) is 5.11 Å². The Labute approximate surface area is 122 Å². The minimum Gasteiger partial charge on any atom is -0.481 e. The molecule has 104 valence electrons. The van der Waals surface area contributed by atoms with Crippen molar-refractivity contribution in [3.8, 4) is 0 Å². The fraction of sp³-hybridized carbons (Fsp3) is 0.533. The summed E-state index contributed by atoms with van der Waals surface area (Å²) in [7, 11) is 0. The van der Waals surface area contributed by atoms with Gasteiger partial charge < -0.3 is 10.4 Å². The van der Waals surface area contributed by atoms with Crippen LogP contribution in [0.3, 0.4) is 0 Å². The first-order chi connectivity index (χ1) is 9.08. The van der Waals surface area contributed by atoms with E-state index >= 15 is 0 Å². The maximum Gasteiger partial charge on any atom is 0.306 e. The van der Waals surface area contributed by atoms with E-state index in [1.54, 1.807) is 0 Å². The Morgan fingerprint density at radius 2 is 2.05 bits per heavy atom. The van der Waals surface area contributed by atoms with Crippen molar-refractivity contribution in [2.24, 2.45) is 5.92 Å². The molecule has 0 radical (unpaired) electrons. The molecule has 1 saturated carbocycles. The summed E-state index contributed by atoms with van der Waals surface area (Å²) in [6.07, 6.45) is 3.50. The standard InChI is InChI=1S/C15H20BrNO2/c1-10-3-2-4-12(14(10)16)9-17-13-7-5-11(6-8-13)15(18)19/h2-4,11,13,17H,5-9H2,1H3,(H,18,19). The summed E-state index contributed by atoms with van der Waals surface area (Å²) in [4.78, 5) is 10.9. The molecule has 1 aliphatic rings. The lowest BCUT2D eigenvalue weighted by molar-refractivity contribution is -0.142. The van der Waals surface area contributed by atoms with Gasteiger partial charge in [-0.05, 0) is 43.7 Å². The third kappa shape index (κ3) is 3.80. The number of halogens is 1. The van der Waals surface area contributed by atoms with Gasteiger partial charge in [-0.2, -0.15) is 0 Å². The minimum absolute atomic E-state index is 0.135. The number of benzene rings is 1. The Bertz CT molecular complexity index is 453. The van der Waals surface area contributed by atoms with Crippen molar-refractivity contribution in [3.05, 3.63) is 33.8 Å².